The minimum absolute atomic E-state index is 0.0820. The fraction of sp³-hybridized carbons (Fsp3) is 0.733. The van der Waals surface area contributed by atoms with Gasteiger partial charge in [0.15, 0.2) is 0 Å². The van der Waals surface area contributed by atoms with Gasteiger partial charge < -0.3 is 9.15 Å². The van der Waals surface area contributed by atoms with Crippen molar-refractivity contribution in [3.8, 4) is 0 Å². The van der Waals surface area contributed by atoms with Crippen LogP contribution in [0.15, 0.2) is 22.8 Å². The van der Waals surface area contributed by atoms with Gasteiger partial charge in [-0.2, -0.15) is 0 Å². The normalized spacial score (nSPS) is 36.9. The molecule has 1 atom stereocenters. The van der Waals surface area contributed by atoms with E-state index in [2.05, 4.69) is 18.3 Å². The van der Waals surface area contributed by atoms with Crippen LogP contribution in [-0.2, 0) is 4.74 Å². The lowest BCUT2D eigenvalue weighted by atomic mass is 9.81. The molecule has 1 saturated heterocycles. The molecule has 0 amide bonds. The highest BCUT2D eigenvalue weighted by molar-refractivity contribution is 5.07. The van der Waals surface area contributed by atoms with Crippen LogP contribution in [0.5, 0.6) is 0 Å². The third-order valence-electron chi connectivity index (χ3n) is 4.60. The molecule has 1 aliphatic heterocycles. The quantitative estimate of drug-likeness (QED) is 0.869. The van der Waals surface area contributed by atoms with E-state index in [4.69, 9.17) is 9.15 Å². The summed E-state index contributed by atoms with van der Waals surface area (Å²) in [6, 6.07) is 4.36. The summed E-state index contributed by atoms with van der Waals surface area (Å²) < 4.78 is 11.6. The van der Waals surface area contributed by atoms with Crippen LogP contribution in [-0.4, -0.2) is 12.3 Å². The Labute approximate surface area is 109 Å². The van der Waals surface area contributed by atoms with Gasteiger partial charge in [-0.05, 0) is 50.2 Å². The van der Waals surface area contributed by atoms with E-state index in [9.17, 15) is 0 Å². The third kappa shape index (κ3) is 2.34. The number of nitrogens with one attached hydrogen (secondary N) is 1. The predicted octanol–water partition coefficient (Wildman–Crippen LogP) is 3.63. The van der Waals surface area contributed by atoms with Gasteiger partial charge in [-0.15, -0.1) is 0 Å². The lowest BCUT2D eigenvalue weighted by Gasteiger charge is -2.45. The van der Waals surface area contributed by atoms with Gasteiger partial charge in [0.2, 0.25) is 0 Å². The number of furan rings is 1. The highest BCUT2D eigenvalue weighted by Crippen LogP contribution is 2.39. The van der Waals surface area contributed by atoms with Crippen molar-refractivity contribution in [2.45, 2.75) is 57.2 Å². The van der Waals surface area contributed by atoms with Crippen LogP contribution in [0, 0.1) is 5.92 Å². The molecule has 1 aromatic rings. The standard InChI is InChI=1S/C15H23NO2/c1-2-12-5-8-15(9-6-12)16-13(7-11-18-15)14-4-3-10-17-14/h3-4,10,12-13,16H,2,5-9,11H2,1H3. The molecule has 0 bridgehead atoms. The first-order valence-corrected chi connectivity index (χ1v) is 7.26. The van der Waals surface area contributed by atoms with E-state index in [0.717, 1.165) is 37.5 Å². The number of rotatable bonds is 2. The molecule has 2 fully saturated rings. The number of hydrogen-bond acceptors (Lipinski definition) is 3. The average molecular weight is 249 g/mol. The summed E-state index contributed by atoms with van der Waals surface area (Å²) >= 11 is 0. The smallest absolute Gasteiger partial charge is 0.120 e. The van der Waals surface area contributed by atoms with E-state index in [-0.39, 0.29) is 5.72 Å². The maximum absolute atomic E-state index is 6.07. The Bertz CT molecular complexity index is 366. The van der Waals surface area contributed by atoms with Gasteiger partial charge in [0, 0.05) is 0 Å². The molecule has 1 aromatic heterocycles. The topological polar surface area (TPSA) is 34.4 Å². The minimum Gasteiger partial charge on any atom is -0.468 e. The second kappa shape index (κ2) is 5.06. The average Bonchev–Trinajstić information content (AvgIpc) is 2.94. The zero-order chi connectivity index (χ0) is 12.4. The first-order valence-electron chi connectivity index (χ1n) is 7.26. The molecular formula is C15H23NO2. The number of ether oxygens (including phenoxy) is 1. The summed E-state index contributed by atoms with van der Waals surface area (Å²) in [6.07, 6.45) is 8.92. The van der Waals surface area contributed by atoms with E-state index >= 15 is 0 Å². The summed E-state index contributed by atoms with van der Waals surface area (Å²) in [4.78, 5) is 0. The summed E-state index contributed by atoms with van der Waals surface area (Å²) in [5.74, 6) is 1.94. The molecule has 1 N–H and O–H groups in total. The molecule has 0 radical (unpaired) electrons. The van der Waals surface area contributed by atoms with E-state index in [1.165, 1.54) is 19.3 Å². The molecule has 1 aliphatic carbocycles. The number of hydrogen-bond donors (Lipinski definition) is 1. The van der Waals surface area contributed by atoms with Crippen LogP contribution in [0.3, 0.4) is 0 Å². The van der Waals surface area contributed by atoms with Crippen molar-refractivity contribution in [2.75, 3.05) is 6.61 Å². The van der Waals surface area contributed by atoms with Gasteiger partial charge in [0.25, 0.3) is 0 Å². The lowest BCUT2D eigenvalue weighted by molar-refractivity contribution is -0.138. The largest absolute Gasteiger partial charge is 0.468 e. The van der Waals surface area contributed by atoms with Crippen LogP contribution in [0.2, 0.25) is 0 Å². The van der Waals surface area contributed by atoms with Gasteiger partial charge in [0.05, 0.1) is 18.9 Å². The highest BCUT2D eigenvalue weighted by Gasteiger charge is 2.40. The van der Waals surface area contributed by atoms with Crippen molar-refractivity contribution in [1.29, 1.82) is 0 Å². The summed E-state index contributed by atoms with van der Waals surface area (Å²) in [7, 11) is 0. The van der Waals surface area contributed by atoms with E-state index in [1.54, 1.807) is 6.26 Å². The molecule has 18 heavy (non-hydrogen) atoms. The zero-order valence-electron chi connectivity index (χ0n) is 11.2. The van der Waals surface area contributed by atoms with Crippen molar-refractivity contribution in [3.05, 3.63) is 24.2 Å². The Morgan fingerprint density at radius 3 is 2.83 bits per heavy atom. The SMILES string of the molecule is CCC1CCC2(CC1)NC(c1ccco1)CCO2. The maximum Gasteiger partial charge on any atom is 0.120 e. The fourth-order valence-corrected chi connectivity index (χ4v) is 3.35. The van der Waals surface area contributed by atoms with Crippen molar-refractivity contribution in [1.82, 2.24) is 5.32 Å². The summed E-state index contributed by atoms with van der Waals surface area (Å²) in [5.41, 5.74) is -0.0820. The van der Waals surface area contributed by atoms with Crippen LogP contribution < -0.4 is 5.32 Å². The van der Waals surface area contributed by atoms with Crippen molar-refractivity contribution < 1.29 is 9.15 Å². The summed E-state index contributed by atoms with van der Waals surface area (Å²) in [5, 5.41) is 3.70. The van der Waals surface area contributed by atoms with Gasteiger partial charge in [0.1, 0.15) is 11.5 Å². The third-order valence-corrected chi connectivity index (χ3v) is 4.60. The monoisotopic (exact) mass is 249 g/mol. The Hall–Kier alpha value is -0.800. The molecule has 1 saturated carbocycles. The summed E-state index contributed by atoms with van der Waals surface area (Å²) in [6.45, 7) is 3.14. The molecule has 3 rings (SSSR count). The molecule has 1 unspecified atom stereocenters. The lowest BCUT2D eigenvalue weighted by Crippen LogP contribution is -2.54. The molecule has 2 heterocycles. The van der Waals surface area contributed by atoms with Gasteiger partial charge in [-0.1, -0.05) is 13.3 Å². The fourth-order valence-electron chi connectivity index (χ4n) is 3.35. The Kier molecular flexibility index (Phi) is 3.44. The van der Waals surface area contributed by atoms with E-state index < -0.39 is 0 Å². The molecule has 3 heteroatoms. The second-order valence-corrected chi connectivity index (χ2v) is 5.70. The first kappa shape index (κ1) is 12.2. The van der Waals surface area contributed by atoms with Crippen molar-refractivity contribution in [2.24, 2.45) is 5.92 Å². The Morgan fingerprint density at radius 2 is 2.17 bits per heavy atom. The van der Waals surface area contributed by atoms with E-state index in [1.807, 2.05) is 6.07 Å². The van der Waals surface area contributed by atoms with Crippen LogP contribution in [0.4, 0.5) is 0 Å². The molecule has 2 aliphatic rings. The molecule has 0 aromatic carbocycles. The highest BCUT2D eigenvalue weighted by atomic mass is 16.5. The molecule has 3 nitrogen and oxygen atoms in total. The first-order chi connectivity index (χ1) is 8.81. The Morgan fingerprint density at radius 1 is 1.33 bits per heavy atom. The van der Waals surface area contributed by atoms with Gasteiger partial charge >= 0.3 is 0 Å². The minimum atomic E-state index is -0.0820. The van der Waals surface area contributed by atoms with Gasteiger partial charge in [-0.3, -0.25) is 5.32 Å². The van der Waals surface area contributed by atoms with Crippen LogP contribution >= 0.6 is 0 Å². The maximum atomic E-state index is 6.07. The second-order valence-electron chi connectivity index (χ2n) is 5.70. The van der Waals surface area contributed by atoms with Crippen molar-refractivity contribution >= 4 is 0 Å². The van der Waals surface area contributed by atoms with Crippen LogP contribution in [0.1, 0.15) is 57.3 Å². The Balaban J connectivity index is 1.67. The molecule has 1 spiro atoms. The molecular weight excluding hydrogens is 226 g/mol. The predicted molar refractivity (Wildman–Crippen MR) is 70.1 cm³/mol. The van der Waals surface area contributed by atoms with E-state index in [0.29, 0.717) is 6.04 Å². The van der Waals surface area contributed by atoms with Crippen molar-refractivity contribution in [3.63, 3.8) is 0 Å². The molecule has 100 valence electrons. The van der Waals surface area contributed by atoms with Gasteiger partial charge in [-0.25, -0.2) is 0 Å². The zero-order valence-corrected chi connectivity index (χ0v) is 11.2. The van der Waals surface area contributed by atoms with Crippen LogP contribution in [0.25, 0.3) is 0 Å².